The maximum atomic E-state index is 11.3. The van der Waals surface area contributed by atoms with E-state index in [0.29, 0.717) is 5.16 Å². The van der Waals surface area contributed by atoms with E-state index in [2.05, 4.69) is 26.0 Å². The fraction of sp³-hybridized carbons (Fsp3) is 0.250. The molecule has 6 nitrogen and oxygen atoms in total. The Morgan fingerprint density at radius 2 is 2.15 bits per heavy atom. The lowest BCUT2D eigenvalue weighted by molar-refractivity contribution is 0.199. The predicted molar refractivity (Wildman–Crippen MR) is 79.0 cm³/mol. The van der Waals surface area contributed by atoms with Crippen molar-refractivity contribution in [2.45, 2.75) is 23.1 Å². The van der Waals surface area contributed by atoms with Crippen LogP contribution in [0.1, 0.15) is 18.6 Å². The summed E-state index contributed by atoms with van der Waals surface area (Å²) in [6.07, 6.45) is -0.555. The molecule has 1 heterocycles. The highest BCUT2D eigenvalue weighted by Crippen LogP contribution is 2.33. The summed E-state index contributed by atoms with van der Waals surface area (Å²) in [5.41, 5.74) is -0.785. The molecule has 2 N–H and O–H groups in total. The molecule has 1 aromatic heterocycles. The van der Waals surface area contributed by atoms with Crippen molar-refractivity contribution in [3.63, 3.8) is 0 Å². The molecule has 0 bridgehead atoms. The molecule has 106 valence electrons. The summed E-state index contributed by atoms with van der Waals surface area (Å²) < 4.78 is 2.17. The number of rotatable bonds is 3. The van der Waals surface area contributed by atoms with E-state index in [1.54, 1.807) is 26.1 Å². The third-order valence-corrected chi connectivity index (χ3v) is 4.63. The number of nitrogens with zero attached hydrogens (tertiary/aromatic N) is 2. The van der Waals surface area contributed by atoms with E-state index >= 15 is 0 Å². The van der Waals surface area contributed by atoms with Crippen LogP contribution in [0.5, 0.6) is 0 Å². The predicted octanol–water partition coefficient (Wildman–Crippen LogP) is 1.44. The number of aliphatic hydroxyl groups excluding tert-OH is 1. The van der Waals surface area contributed by atoms with E-state index in [0.717, 1.165) is 14.9 Å². The molecule has 8 heteroatoms. The van der Waals surface area contributed by atoms with E-state index in [4.69, 9.17) is 0 Å². The first kappa shape index (κ1) is 15.0. The maximum Gasteiger partial charge on any atom is 0.339 e. The Kier molecular flexibility index (Phi) is 4.46. The fourth-order valence-corrected chi connectivity index (χ4v) is 2.95. The minimum atomic E-state index is -0.817. The highest BCUT2D eigenvalue weighted by atomic mass is 79.9. The van der Waals surface area contributed by atoms with Crippen molar-refractivity contribution in [3.8, 4) is 0 Å². The maximum absolute atomic E-state index is 11.3. The van der Waals surface area contributed by atoms with Crippen LogP contribution in [0.4, 0.5) is 0 Å². The Morgan fingerprint density at radius 3 is 2.75 bits per heavy atom. The molecule has 0 saturated carbocycles. The zero-order valence-electron chi connectivity index (χ0n) is 10.8. The van der Waals surface area contributed by atoms with Gasteiger partial charge in [-0.1, -0.05) is 6.07 Å². The lowest BCUT2D eigenvalue weighted by Crippen LogP contribution is -2.33. The molecular weight excluding hydrogens is 346 g/mol. The van der Waals surface area contributed by atoms with Crippen molar-refractivity contribution in [1.82, 2.24) is 14.8 Å². The van der Waals surface area contributed by atoms with E-state index in [1.165, 1.54) is 16.4 Å². The molecule has 1 atom stereocenters. The average molecular weight is 358 g/mol. The smallest absolute Gasteiger partial charge is 0.339 e. The van der Waals surface area contributed by atoms with Crippen molar-refractivity contribution in [2.75, 3.05) is 0 Å². The summed E-state index contributed by atoms with van der Waals surface area (Å²) in [4.78, 5) is 27.0. The number of halogens is 1. The Balaban J connectivity index is 2.38. The van der Waals surface area contributed by atoms with Crippen molar-refractivity contribution >= 4 is 27.7 Å². The first-order chi connectivity index (χ1) is 9.38. The van der Waals surface area contributed by atoms with Crippen LogP contribution in [0.25, 0.3) is 0 Å². The van der Waals surface area contributed by atoms with Gasteiger partial charge in [0.15, 0.2) is 5.16 Å². The summed E-state index contributed by atoms with van der Waals surface area (Å²) in [6, 6.07) is 5.41. The van der Waals surface area contributed by atoms with Gasteiger partial charge in [0.2, 0.25) is 0 Å². The van der Waals surface area contributed by atoms with E-state index in [-0.39, 0.29) is 0 Å². The molecule has 0 spiro atoms. The second-order valence-electron chi connectivity index (χ2n) is 4.17. The van der Waals surface area contributed by atoms with Crippen LogP contribution in [0.3, 0.4) is 0 Å². The van der Waals surface area contributed by atoms with E-state index in [9.17, 15) is 14.7 Å². The van der Waals surface area contributed by atoms with Crippen molar-refractivity contribution < 1.29 is 5.11 Å². The van der Waals surface area contributed by atoms with Crippen molar-refractivity contribution in [1.29, 1.82) is 0 Å². The lowest BCUT2D eigenvalue weighted by Gasteiger charge is -2.10. The Bertz CT molecular complexity index is 754. The topological polar surface area (TPSA) is 88.0 Å². The number of benzene rings is 1. The highest BCUT2D eigenvalue weighted by molar-refractivity contribution is 9.10. The van der Waals surface area contributed by atoms with Gasteiger partial charge in [-0.2, -0.15) is 4.98 Å². The highest BCUT2D eigenvalue weighted by Gasteiger charge is 2.10. The molecule has 1 aromatic carbocycles. The van der Waals surface area contributed by atoms with Crippen LogP contribution in [0, 0.1) is 0 Å². The van der Waals surface area contributed by atoms with E-state index in [1.807, 2.05) is 6.07 Å². The number of H-pyrrole nitrogens is 1. The number of hydrogen-bond donors (Lipinski definition) is 2. The van der Waals surface area contributed by atoms with Crippen molar-refractivity contribution in [3.05, 3.63) is 48.9 Å². The van der Waals surface area contributed by atoms with Crippen LogP contribution >= 0.6 is 27.7 Å². The second kappa shape index (κ2) is 5.94. The Labute approximate surface area is 127 Å². The summed E-state index contributed by atoms with van der Waals surface area (Å²) in [6.45, 7) is 1.68. The molecule has 0 radical (unpaired) electrons. The Morgan fingerprint density at radius 1 is 1.45 bits per heavy atom. The van der Waals surface area contributed by atoms with Crippen LogP contribution in [-0.2, 0) is 7.05 Å². The van der Waals surface area contributed by atoms with Gasteiger partial charge in [0, 0.05) is 16.4 Å². The molecule has 1 unspecified atom stereocenters. The summed E-state index contributed by atoms with van der Waals surface area (Å²) >= 11 is 4.65. The molecular formula is C12H12BrN3O3S. The van der Waals surface area contributed by atoms with Crippen molar-refractivity contribution in [2.24, 2.45) is 7.05 Å². The number of aromatic amines is 1. The molecule has 0 fully saturated rings. The number of aromatic nitrogens is 3. The third-order valence-electron chi connectivity index (χ3n) is 2.59. The van der Waals surface area contributed by atoms with Gasteiger partial charge in [-0.25, -0.2) is 0 Å². The van der Waals surface area contributed by atoms with Gasteiger partial charge in [-0.15, -0.1) is 0 Å². The summed E-state index contributed by atoms with van der Waals surface area (Å²) in [5.74, 6) is 0. The van der Waals surface area contributed by atoms with Crippen LogP contribution in [0.2, 0.25) is 0 Å². The van der Waals surface area contributed by atoms with Crippen LogP contribution in [-0.4, -0.2) is 19.9 Å². The van der Waals surface area contributed by atoms with Gasteiger partial charge in [0.25, 0.3) is 0 Å². The summed E-state index contributed by atoms with van der Waals surface area (Å²) in [5, 5.41) is 12.3. The van der Waals surface area contributed by atoms with Gasteiger partial charge >= 0.3 is 11.1 Å². The van der Waals surface area contributed by atoms with Gasteiger partial charge in [-0.05, 0) is 52.3 Å². The SMILES string of the molecule is CC(O)c1ccc(Sc2nc(=O)c(=O)[nH]n2C)c(Br)c1. The minimum absolute atomic E-state index is 0.375. The van der Waals surface area contributed by atoms with Crippen LogP contribution < -0.4 is 11.1 Å². The minimum Gasteiger partial charge on any atom is -0.389 e. The van der Waals surface area contributed by atoms with E-state index < -0.39 is 17.2 Å². The zero-order valence-corrected chi connectivity index (χ0v) is 13.2. The summed E-state index contributed by atoms with van der Waals surface area (Å²) in [7, 11) is 1.61. The zero-order chi connectivity index (χ0) is 14.9. The Hall–Kier alpha value is -1.38. The largest absolute Gasteiger partial charge is 0.389 e. The number of nitrogens with one attached hydrogen (secondary N) is 1. The second-order valence-corrected chi connectivity index (χ2v) is 6.03. The number of aliphatic hydroxyl groups is 1. The first-order valence-corrected chi connectivity index (χ1v) is 7.32. The standard InChI is InChI=1S/C12H12BrN3O3S/c1-6(17)7-3-4-9(8(13)5-7)20-12-14-10(18)11(19)15-16(12)2/h3-6,17H,1-2H3,(H,15,19). The fourth-order valence-electron chi connectivity index (χ4n) is 1.51. The van der Waals surface area contributed by atoms with Gasteiger partial charge < -0.3 is 5.11 Å². The molecule has 0 aliphatic carbocycles. The molecule has 2 rings (SSSR count). The molecule has 2 aromatic rings. The third kappa shape index (κ3) is 3.20. The number of hydrogen-bond acceptors (Lipinski definition) is 5. The van der Waals surface area contributed by atoms with Gasteiger partial charge in [0.1, 0.15) is 0 Å². The monoisotopic (exact) mass is 357 g/mol. The average Bonchev–Trinajstić information content (AvgIpc) is 2.37. The number of aryl methyl sites for hydroxylation is 1. The first-order valence-electron chi connectivity index (χ1n) is 5.71. The molecule has 0 amide bonds. The van der Waals surface area contributed by atoms with Gasteiger partial charge in [0.05, 0.1) is 6.10 Å². The van der Waals surface area contributed by atoms with Gasteiger partial charge in [-0.3, -0.25) is 19.4 Å². The molecule has 20 heavy (non-hydrogen) atoms. The van der Waals surface area contributed by atoms with Crippen LogP contribution in [0.15, 0.2) is 42.3 Å². The lowest BCUT2D eigenvalue weighted by atomic mass is 10.1. The molecule has 0 aliphatic heterocycles. The molecule has 0 saturated heterocycles. The normalized spacial score (nSPS) is 12.4. The molecule has 0 aliphatic rings. The quantitative estimate of drug-likeness (QED) is 0.811.